The lowest BCUT2D eigenvalue weighted by Gasteiger charge is -2.34. The minimum absolute atomic E-state index is 0.125. The Labute approximate surface area is 350 Å². The normalized spacial score (nSPS) is 15.7. The molecule has 284 valence electrons. The second-order valence-corrected chi connectivity index (χ2v) is 16.8. The summed E-state index contributed by atoms with van der Waals surface area (Å²) in [5.74, 6) is 0. The molecule has 0 saturated heterocycles. The van der Waals surface area contributed by atoms with Crippen molar-refractivity contribution in [2.45, 2.75) is 24.7 Å². The highest BCUT2D eigenvalue weighted by Crippen LogP contribution is 2.60. The number of benzene rings is 9. The molecule has 2 nitrogen and oxygen atoms in total. The molecule has 10 aromatic rings. The van der Waals surface area contributed by atoms with Crippen LogP contribution in [0.1, 0.15) is 47.2 Å². The van der Waals surface area contributed by atoms with Gasteiger partial charge in [0.2, 0.25) is 0 Å². The predicted octanol–water partition coefficient (Wildman–Crippen LogP) is 15.4. The molecule has 0 aliphatic heterocycles. The zero-order valence-corrected chi connectivity index (χ0v) is 33.6. The third-order valence-corrected chi connectivity index (χ3v) is 13.4. The Morgan fingerprint density at radius 1 is 0.400 bits per heavy atom. The number of hydrogen-bond donors (Lipinski definition) is 0. The summed E-state index contributed by atoms with van der Waals surface area (Å²) in [6.45, 7) is 4.72. The monoisotopic (exact) mass is 767 g/mol. The summed E-state index contributed by atoms with van der Waals surface area (Å²) in [7, 11) is 0. The molecule has 1 heterocycles. The molecule has 0 saturated carbocycles. The minimum Gasteiger partial charge on any atom is -0.455 e. The summed E-state index contributed by atoms with van der Waals surface area (Å²) in [4.78, 5) is 2.48. The molecule has 12 rings (SSSR count). The molecule has 0 radical (unpaired) electrons. The van der Waals surface area contributed by atoms with Crippen molar-refractivity contribution in [1.29, 1.82) is 0 Å². The van der Waals surface area contributed by atoms with Crippen molar-refractivity contribution in [3.63, 3.8) is 0 Å². The first-order valence-electron chi connectivity index (χ1n) is 20.9. The number of para-hydroxylation sites is 3. The molecule has 0 N–H and O–H groups in total. The first kappa shape index (κ1) is 34.6. The number of rotatable bonds is 6. The second kappa shape index (κ2) is 13.0. The summed E-state index contributed by atoms with van der Waals surface area (Å²) in [5.41, 5.74) is 19.7. The highest BCUT2D eigenvalue weighted by molar-refractivity contribution is 6.09. The zero-order valence-electron chi connectivity index (χ0n) is 33.6. The molecule has 1 atom stereocenters. The molecule has 1 aromatic heterocycles. The third-order valence-electron chi connectivity index (χ3n) is 13.4. The Kier molecular flexibility index (Phi) is 7.52. The van der Waals surface area contributed by atoms with E-state index in [9.17, 15) is 0 Å². The first-order valence-corrected chi connectivity index (χ1v) is 20.9. The molecular weight excluding hydrogens is 727 g/mol. The van der Waals surface area contributed by atoms with Crippen LogP contribution >= 0.6 is 0 Å². The third kappa shape index (κ3) is 4.82. The lowest BCUT2D eigenvalue weighted by Crippen LogP contribution is -2.28. The van der Waals surface area contributed by atoms with E-state index in [1.165, 1.54) is 55.6 Å². The smallest absolute Gasteiger partial charge is 0.143 e. The quantitative estimate of drug-likeness (QED) is 0.168. The number of fused-ring (bicyclic) bond motifs is 9. The van der Waals surface area contributed by atoms with Crippen molar-refractivity contribution in [3.8, 4) is 33.4 Å². The van der Waals surface area contributed by atoms with Crippen molar-refractivity contribution < 1.29 is 4.42 Å². The van der Waals surface area contributed by atoms with Gasteiger partial charge in [-0.05, 0) is 92.0 Å². The maximum absolute atomic E-state index is 6.51. The molecule has 2 heteroatoms. The van der Waals surface area contributed by atoms with Crippen molar-refractivity contribution in [2.24, 2.45) is 0 Å². The molecule has 2 aliphatic carbocycles. The molecule has 2 aliphatic rings. The van der Waals surface area contributed by atoms with E-state index < -0.39 is 5.41 Å². The van der Waals surface area contributed by atoms with Gasteiger partial charge >= 0.3 is 0 Å². The van der Waals surface area contributed by atoms with Gasteiger partial charge in [-0.15, -0.1) is 0 Å². The summed E-state index contributed by atoms with van der Waals surface area (Å²) < 4.78 is 6.51. The average molecular weight is 768 g/mol. The van der Waals surface area contributed by atoms with E-state index in [0.717, 1.165) is 50.1 Å². The molecular formula is C58H41NO. The van der Waals surface area contributed by atoms with Gasteiger partial charge in [0.25, 0.3) is 0 Å². The van der Waals surface area contributed by atoms with Crippen LogP contribution in [0, 0.1) is 0 Å². The molecule has 0 fully saturated rings. The SMILES string of the molecule is CC1(C)c2ccccc2-c2ccc(N(c3ccccc3)c3cccc4c3-c3ccccc3C4(c3ccccc3)c3ccc(-c4cccc5c4oc4ccccc45)cc3)cc21. The van der Waals surface area contributed by atoms with Gasteiger partial charge in [-0.1, -0.05) is 190 Å². The van der Waals surface area contributed by atoms with Crippen LogP contribution in [0.5, 0.6) is 0 Å². The highest BCUT2D eigenvalue weighted by atomic mass is 16.3. The largest absolute Gasteiger partial charge is 0.455 e. The van der Waals surface area contributed by atoms with Crippen LogP contribution < -0.4 is 4.90 Å². The van der Waals surface area contributed by atoms with E-state index in [4.69, 9.17) is 4.42 Å². The van der Waals surface area contributed by atoms with E-state index in [1.807, 2.05) is 6.07 Å². The van der Waals surface area contributed by atoms with E-state index in [-0.39, 0.29) is 5.41 Å². The summed E-state index contributed by atoms with van der Waals surface area (Å²) in [6.07, 6.45) is 0. The summed E-state index contributed by atoms with van der Waals surface area (Å²) in [6, 6.07) is 78.0. The van der Waals surface area contributed by atoms with E-state index in [1.54, 1.807) is 0 Å². The summed E-state index contributed by atoms with van der Waals surface area (Å²) >= 11 is 0. The Bertz CT molecular complexity index is 3280. The van der Waals surface area contributed by atoms with Crippen LogP contribution in [0.25, 0.3) is 55.3 Å². The molecule has 0 spiro atoms. The molecule has 1 unspecified atom stereocenters. The van der Waals surface area contributed by atoms with E-state index in [2.05, 4.69) is 225 Å². The molecule has 9 aromatic carbocycles. The zero-order chi connectivity index (χ0) is 40.0. The lowest BCUT2D eigenvalue weighted by molar-refractivity contribution is 0.660. The number of hydrogen-bond acceptors (Lipinski definition) is 2. The Hall–Kier alpha value is -7.42. The fourth-order valence-corrected chi connectivity index (χ4v) is 10.7. The lowest BCUT2D eigenvalue weighted by atomic mass is 9.67. The standard InChI is InChI=1S/C58H41NO/c1-57(2)49-26-12-9-21-44(49)45-36-35-42(37-52(45)57)59(41-19-7-4-8-20-41)53-29-16-28-51-55(53)48-23-10-13-27-50(48)58(51,39-17-5-3-6-18-39)40-33-31-38(32-34-40)43-24-15-25-47-46-22-11-14-30-54(46)60-56(43)47/h3-37H,1-2H3. The Morgan fingerprint density at radius 2 is 1.00 bits per heavy atom. The van der Waals surface area contributed by atoms with Gasteiger partial charge in [0, 0.05) is 38.7 Å². The molecule has 0 amide bonds. The van der Waals surface area contributed by atoms with Gasteiger partial charge in [0.05, 0.1) is 11.1 Å². The van der Waals surface area contributed by atoms with Crippen molar-refractivity contribution in [3.05, 3.63) is 246 Å². The maximum Gasteiger partial charge on any atom is 0.143 e. The van der Waals surface area contributed by atoms with E-state index in [0.29, 0.717) is 0 Å². The molecule has 60 heavy (non-hydrogen) atoms. The average Bonchev–Trinajstić information content (AvgIpc) is 3.92. The number of furan rings is 1. The van der Waals surface area contributed by atoms with Gasteiger partial charge < -0.3 is 9.32 Å². The topological polar surface area (TPSA) is 16.4 Å². The van der Waals surface area contributed by atoms with Crippen LogP contribution in [0.2, 0.25) is 0 Å². The van der Waals surface area contributed by atoms with Gasteiger partial charge in [-0.2, -0.15) is 0 Å². The Balaban J connectivity index is 1.08. The summed E-state index contributed by atoms with van der Waals surface area (Å²) in [5, 5.41) is 2.28. The van der Waals surface area contributed by atoms with E-state index >= 15 is 0 Å². The van der Waals surface area contributed by atoms with Gasteiger partial charge in [-0.25, -0.2) is 0 Å². The molecule has 0 bridgehead atoms. The fraction of sp³-hybridized carbons (Fsp3) is 0.0690. The number of anilines is 3. The van der Waals surface area contributed by atoms with Crippen molar-refractivity contribution in [2.75, 3.05) is 4.90 Å². The minimum atomic E-state index is -0.572. The van der Waals surface area contributed by atoms with Crippen molar-refractivity contribution >= 4 is 39.0 Å². The highest BCUT2D eigenvalue weighted by Gasteiger charge is 2.47. The van der Waals surface area contributed by atoms with Crippen LogP contribution in [-0.2, 0) is 10.8 Å². The Morgan fingerprint density at radius 3 is 1.82 bits per heavy atom. The van der Waals surface area contributed by atoms with Gasteiger partial charge in [0.15, 0.2) is 0 Å². The first-order chi connectivity index (χ1) is 29.5. The van der Waals surface area contributed by atoms with Crippen LogP contribution in [0.3, 0.4) is 0 Å². The van der Waals surface area contributed by atoms with Gasteiger partial charge in [0.1, 0.15) is 11.2 Å². The van der Waals surface area contributed by atoms with Crippen LogP contribution in [0.4, 0.5) is 17.1 Å². The maximum atomic E-state index is 6.51. The predicted molar refractivity (Wildman–Crippen MR) is 249 cm³/mol. The second-order valence-electron chi connectivity index (χ2n) is 16.8. The van der Waals surface area contributed by atoms with Crippen LogP contribution in [-0.4, -0.2) is 0 Å². The van der Waals surface area contributed by atoms with Crippen LogP contribution in [0.15, 0.2) is 217 Å². The fourth-order valence-electron chi connectivity index (χ4n) is 10.7. The van der Waals surface area contributed by atoms with Crippen molar-refractivity contribution in [1.82, 2.24) is 0 Å². The van der Waals surface area contributed by atoms with Gasteiger partial charge in [-0.3, -0.25) is 0 Å². The number of nitrogens with zero attached hydrogens (tertiary/aromatic N) is 1.